The van der Waals surface area contributed by atoms with Gasteiger partial charge in [-0.15, -0.1) is 0 Å². The van der Waals surface area contributed by atoms with Crippen molar-refractivity contribution in [1.82, 2.24) is 20.0 Å². The van der Waals surface area contributed by atoms with E-state index in [1.807, 2.05) is 40.8 Å². The van der Waals surface area contributed by atoms with Crippen LogP contribution in [0.25, 0.3) is 10.9 Å². The number of nitrogens with one attached hydrogen (secondary N) is 1. The van der Waals surface area contributed by atoms with Gasteiger partial charge in [-0.3, -0.25) is 14.3 Å². The van der Waals surface area contributed by atoms with Crippen LogP contribution < -0.4 is 5.32 Å². The van der Waals surface area contributed by atoms with Crippen LogP contribution in [-0.4, -0.2) is 45.6 Å². The lowest BCUT2D eigenvalue weighted by molar-refractivity contribution is -0.136. The van der Waals surface area contributed by atoms with Gasteiger partial charge < -0.3 is 10.2 Å². The Balaban J connectivity index is 1.54. The molecule has 1 aliphatic rings. The zero-order valence-electron chi connectivity index (χ0n) is 15.0. The number of likely N-dealkylation sites (tertiary alicyclic amines) is 1. The number of carbonyl (C=O) groups excluding carboxylic acids is 2. The van der Waals surface area contributed by atoms with Gasteiger partial charge in [-0.05, 0) is 39.2 Å². The third-order valence-corrected chi connectivity index (χ3v) is 4.81. The maximum absolute atomic E-state index is 12.4. The van der Waals surface area contributed by atoms with E-state index in [-0.39, 0.29) is 11.8 Å². The lowest BCUT2D eigenvalue weighted by atomic mass is 10.1. The third kappa shape index (κ3) is 4.00. The maximum Gasteiger partial charge on any atom is 0.244 e. The summed E-state index contributed by atoms with van der Waals surface area (Å²) in [4.78, 5) is 26.5. The molecule has 3 rings (SSSR count). The molecule has 0 aliphatic carbocycles. The Labute approximate surface area is 148 Å². The van der Waals surface area contributed by atoms with Crippen LogP contribution in [0.1, 0.15) is 38.3 Å². The Morgan fingerprint density at radius 2 is 1.92 bits per heavy atom. The number of piperidine rings is 1. The van der Waals surface area contributed by atoms with Gasteiger partial charge in [0.1, 0.15) is 6.04 Å². The normalized spacial score (nSPS) is 16.0. The molecule has 1 aromatic heterocycles. The monoisotopic (exact) mass is 342 g/mol. The highest BCUT2D eigenvalue weighted by Crippen LogP contribution is 2.17. The van der Waals surface area contributed by atoms with E-state index in [1.165, 1.54) is 6.42 Å². The molecule has 1 aliphatic heterocycles. The number of amides is 2. The van der Waals surface area contributed by atoms with E-state index in [9.17, 15) is 9.59 Å². The zero-order chi connectivity index (χ0) is 17.8. The average Bonchev–Trinajstić information content (AvgIpc) is 2.96. The van der Waals surface area contributed by atoms with Gasteiger partial charge in [-0.2, -0.15) is 5.10 Å². The number of fused-ring (bicyclic) bond motifs is 1. The quantitative estimate of drug-likeness (QED) is 0.906. The highest BCUT2D eigenvalue weighted by molar-refractivity contribution is 5.87. The molecule has 2 amide bonds. The third-order valence-electron chi connectivity index (χ3n) is 4.81. The lowest BCUT2D eigenvalue weighted by Crippen LogP contribution is -2.48. The van der Waals surface area contributed by atoms with Gasteiger partial charge in [-0.1, -0.05) is 18.2 Å². The molecule has 6 heteroatoms. The molecular weight excluding hydrogens is 316 g/mol. The van der Waals surface area contributed by atoms with Crippen molar-refractivity contribution < 1.29 is 9.59 Å². The van der Waals surface area contributed by atoms with E-state index < -0.39 is 6.04 Å². The molecule has 2 aromatic rings. The van der Waals surface area contributed by atoms with Gasteiger partial charge in [0.15, 0.2) is 0 Å². The maximum atomic E-state index is 12.4. The van der Waals surface area contributed by atoms with Crippen LogP contribution in [0, 0.1) is 6.92 Å². The minimum atomic E-state index is -0.471. The van der Waals surface area contributed by atoms with Crippen molar-refractivity contribution in [3.05, 3.63) is 30.0 Å². The Hall–Kier alpha value is -2.37. The fraction of sp³-hybridized carbons (Fsp3) is 0.526. The molecule has 0 saturated carbocycles. The number of nitrogens with zero attached hydrogens (tertiary/aromatic N) is 3. The van der Waals surface area contributed by atoms with E-state index in [4.69, 9.17) is 0 Å². The number of para-hydroxylation sites is 1. The molecule has 1 saturated heterocycles. The molecule has 0 radical (unpaired) electrons. The van der Waals surface area contributed by atoms with Gasteiger partial charge in [0.2, 0.25) is 11.8 Å². The molecule has 0 bridgehead atoms. The lowest BCUT2D eigenvalue weighted by Gasteiger charge is -2.29. The first kappa shape index (κ1) is 17.5. The largest absolute Gasteiger partial charge is 0.345 e. The molecule has 0 spiro atoms. The van der Waals surface area contributed by atoms with Crippen LogP contribution in [-0.2, 0) is 16.1 Å². The van der Waals surface area contributed by atoms with Crippen molar-refractivity contribution in [2.45, 2.75) is 52.1 Å². The summed E-state index contributed by atoms with van der Waals surface area (Å²) >= 11 is 0. The van der Waals surface area contributed by atoms with E-state index in [0.717, 1.165) is 42.5 Å². The minimum Gasteiger partial charge on any atom is -0.345 e. The summed E-state index contributed by atoms with van der Waals surface area (Å²) in [6.07, 6.45) is 3.60. The second-order valence-electron chi connectivity index (χ2n) is 6.75. The van der Waals surface area contributed by atoms with E-state index in [1.54, 1.807) is 6.92 Å². The van der Waals surface area contributed by atoms with Crippen LogP contribution in [0.2, 0.25) is 0 Å². The standard InChI is InChI=1S/C19H26N4O2/c1-14-16-8-4-5-9-17(16)23(21-14)13-10-18(24)20-15(2)19(25)22-11-6-3-7-12-22/h4-5,8-9,15H,3,6-7,10-13H2,1-2H3,(H,20,24). The van der Waals surface area contributed by atoms with Gasteiger partial charge in [-0.25, -0.2) is 0 Å². The second-order valence-corrected chi connectivity index (χ2v) is 6.75. The highest BCUT2D eigenvalue weighted by atomic mass is 16.2. The number of carbonyl (C=O) groups is 2. The summed E-state index contributed by atoms with van der Waals surface area (Å²) in [6, 6.07) is 7.53. The summed E-state index contributed by atoms with van der Waals surface area (Å²) in [5.74, 6) is -0.0940. The summed E-state index contributed by atoms with van der Waals surface area (Å²) in [5.41, 5.74) is 2.00. The summed E-state index contributed by atoms with van der Waals surface area (Å²) < 4.78 is 1.86. The average molecular weight is 342 g/mol. The Kier molecular flexibility index (Phi) is 5.36. The number of rotatable bonds is 5. The summed E-state index contributed by atoms with van der Waals surface area (Å²) in [6.45, 7) is 5.85. The molecule has 2 heterocycles. The van der Waals surface area contributed by atoms with Crippen molar-refractivity contribution in [2.75, 3.05) is 13.1 Å². The molecule has 1 atom stereocenters. The number of hydrogen-bond donors (Lipinski definition) is 1. The van der Waals surface area contributed by atoms with Crippen molar-refractivity contribution in [3.8, 4) is 0 Å². The Morgan fingerprint density at radius 3 is 2.68 bits per heavy atom. The number of aryl methyl sites for hydroxylation is 2. The first-order chi connectivity index (χ1) is 12.1. The van der Waals surface area contributed by atoms with Crippen molar-refractivity contribution in [1.29, 1.82) is 0 Å². The SMILES string of the molecule is Cc1nn(CCC(=O)NC(C)C(=O)N2CCCCC2)c2ccccc12. The predicted molar refractivity (Wildman–Crippen MR) is 97.1 cm³/mol. The number of benzene rings is 1. The van der Waals surface area contributed by atoms with Crippen LogP contribution in [0.4, 0.5) is 0 Å². The minimum absolute atomic E-state index is 0.0217. The van der Waals surface area contributed by atoms with Gasteiger partial charge >= 0.3 is 0 Å². The molecule has 134 valence electrons. The summed E-state index contributed by atoms with van der Waals surface area (Å²) in [5, 5.41) is 8.45. The molecule has 1 unspecified atom stereocenters. The smallest absolute Gasteiger partial charge is 0.244 e. The fourth-order valence-corrected chi connectivity index (χ4v) is 3.43. The fourth-order valence-electron chi connectivity index (χ4n) is 3.43. The number of hydrogen-bond acceptors (Lipinski definition) is 3. The van der Waals surface area contributed by atoms with Crippen molar-refractivity contribution >= 4 is 22.7 Å². The molecular formula is C19H26N4O2. The summed E-state index contributed by atoms with van der Waals surface area (Å²) in [7, 11) is 0. The van der Waals surface area contributed by atoms with Crippen molar-refractivity contribution in [3.63, 3.8) is 0 Å². The Morgan fingerprint density at radius 1 is 1.20 bits per heavy atom. The Bertz CT molecular complexity index is 762. The van der Waals surface area contributed by atoms with Crippen LogP contribution in [0.5, 0.6) is 0 Å². The van der Waals surface area contributed by atoms with Crippen LogP contribution in [0.3, 0.4) is 0 Å². The van der Waals surface area contributed by atoms with E-state index in [2.05, 4.69) is 10.4 Å². The molecule has 1 fully saturated rings. The first-order valence-electron chi connectivity index (χ1n) is 9.06. The molecule has 1 aromatic carbocycles. The topological polar surface area (TPSA) is 67.2 Å². The zero-order valence-corrected chi connectivity index (χ0v) is 15.0. The molecule has 1 N–H and O–H groups in total. The van der Waals surface area contributed by atoms with E-state index >= 15 is 0 Å². The van der Waals surface area contributed by atoms with Gasteiger partial charge in [0.25, 0.3) is 0 Å². The molecule has 25 heavy (non-hydrogen) atoms. The van der Waals surface area contributed by atoms with Gasteiger partial charge in [0, 0.05) is 24.9 Å². The highest BCUT2D eigenvalue weighted by Gasteiger charge is 2.23. The van der Waals surface area contributed by atoms with E-state index in [0.29, 0.717) is 13.0 Å². The van der Waals surface area contributed by atoms with Crippen LogP contribution in [0.15, 0.2) is 24.3 Å². The van der Waals surface area contributed by atoms with Crippen molar-refractivity contribution in [2.24, 2.45) is 0 Å². The number of aromatic nitrogens is 2. The molecule has 6 nitrogen and oxygen atoms in total. The first-order valence-corrected chi connectivity index (χ1v) is 9.06. The predicted octanol–water partition coefficient (Wildman–Crippen LogP) is 2.25. The second kappa shape index (κ2) is 7.68. The van der Waals surface area contributed by atoms with Gasteiger partial charge in [0.05, 0.1) is 17.8 Å². The van der Waals surface area contributed by atoms with Crippen LogP contribution >= 0.6 is 0 Å².